The van der Waals surface area contributed by atoms with E-state index in [1.807, 2.05) is 11.8 Å². The average molecular weight is 270 g/mol. The maximum atomic E-state index is 12.0. The van der Waals surface area contributed by atoms with Gasteiger partial charge in [0, 0.05) is 17.7 Å². The van der Waals surface area contributed by atoms with Gasteiger partial charge in [0.1, 0.15) is 0 Å². The van der Waals surface area contributed by atoms with Crippen molar-refractivity contribution >= 4 is 17.7 Å². The van der Waals surface area contributed by atoms with E-state index in [9.17, 15) is 4.79 Å². The van der Waals surface area contributed by atoms with Crippen molar-refractivity contribution in [1.82, 2.24) is 10.6 Å². The normalized spacial score (nSPS) is 32.4. The van der Waals surface area contributed by atoms with Crippen LogP contribution in [0, 0.1) is 5.92 Å². The van der Waals surface area contributed by atoms with E-state index in [1.165, 1.54) is 32.1 Å². The Morgan fingerprint density at radius 2 is 2.22 bits per heavy atom. The number of hydrogen-bond donors (Lipinski definition) is 2. The van der Waals surface area contributed by atoms with Crippen molar-refractivity contribution in [1.29, 1.82) is 0 Å². The second-order valence-electron chi connectivity index (χ2n) is 5.63. The minimum atomic E-state index is 0.270. The van der Waals surface area contributed by atoms with E-state index >= 15 is 0 Å². The molecule has 4 heteroatoms. The fourth-order valence-corrected chi connectivity index (χ4v) is 4.09. The molecule has 0 radical (unpaired) electrons. The predicted octanol–water partition coefficient (Wildman–Crippen LogP) is 2.17. The Bertz CT molecular complexity index is 267. The topological polar surface area (TPSA) is 41.1 Å². The molecule has 1 heterocycles. The van der Waals surface area contributed by atoms with Gasteiger partial charge in [-0.05, 0) is 57.4 Å². The predicted molar refractivity (Wildman–Crippen MR) is 77.9 cm³/mol. The van der Waals surface area contributed by atoms with E-state index in [0.29, 0.717) is 23.6 Å². The highest BCUT2D eigenvalue weighted by Gasteiger charge is 2.27. The zero-order chi connectivity index (χ0) is 12.8. The van der Waals surface area contributed by atoms with Gasteiger partial charge in [0.15, 0.2) is 0 Å². The highest BCUT2D eigenvalue weighted by atomic mass is 32.2. The quantitative estimate of drug-likeness (QED) is 0.804. The Morgan fingerprint density at radius 1 is 1.33 bits per heavy atom. The van der Waals surface area contributed by atoms with Crippen molar-refractivity contribution in [2.24, 2.45) is 5.92 Å². The number of piperidine rings is 1. The van der Waals surface area contributed by atoms with Crippen LogP contribution in [0.3, 0.4) is 0 Å². The van der Waals surface area contributed by atoms with E-state index in [4.69, 9.17) is 0 Å². The summed E-state index contributed by atoms with van der Waals surface area (Å²) in [4.78, 5) is 12.0. The van der Waals surface area contributed by atoms with Gasteiger partial charge in [-0.15, -0.1) is 0 Å². The molecule has 0 bridgehead atoms. The van der Waals surface area contributed by atoms with E-state index in [0.717, 1.165) is 19.5 Å². The molecule has 3 nitrogen and oxygen atoms in total. The van der Waals surface area contributed by atoms with E-state index < -0.39 is 0 Å². The van der Waals surface area contributed by atoms with Gasteiger partial charge >= 0.3 is 0 Å². The summed E-state index contributed by atoms with van der Waals surface area (Å²) in [7, 11) is 0. The van der Waals surface area contributed by atoms with Crippen LogP contribution in [0.5, 0.6) is 0 Å². The summed E-state index contributed by atoms with van der Waals surface area (Å²) in [5.74, 6) is 0.982. The fourth-order valence-electron chi connectivity index (χ4n) is 3.16. The summed E-state index contributed by atoms with van der Waals surface area (Å²) in [6, 6.07) is 0.428. The molecule has 2 fully saturated rings. The lowest BCUT2D eigenvalue weighted by Gasteiger charge is -2.23. The van der Waals surface area contributed by atoms with Crippen molar-refractivity contribution in [3.8, 4) is 0 Å². The van der Waals surface area contributed by atoms with E-state index in [2.05, 4.69) is 16.9 Å². The van der Waals surface area contributed by atoms with Crippen molar-refractivity contribution in [3.05, 3.63) is 0 Å². The second-order valence-corrected chi connectivity index (χ2v) is 6.71. The van der Waals surface area contributed by atoms with Crippen LogP contribution >= 0.6 is 11.8 Å². The highest BCUT2D eigenvalue weighted by molar-refractivity contribution is 7.99. The number of thioether (sulfide) groups is 1. The molecule has 3 unspecified atom stereocenters. The molecule has 0 aromatic heterocycles. The molecule has 0 spiro atoms. The molecule has 1 amide bonds. The summed E-state index contributed by atoms with van der Waals surface area (Å²) in [5.41, 5.74) is 0. The maximum absolute atomic E-state index is 12.0. The Labute approximate surface area is 115 Å². The lowest BCUT2D eigenvalue weighted by atomic mass is 9.94. The van der Waals surface area contributed by atoms with Gasteiger partial charge in [-0.3, -0.25) is 4.79 Å². The summed E-state index contributed by atoms with van der Waals surface area (Å²) < 4.78 is 0. The van der Waals surface area contributed by atoms with Crippen LogP contribution in [0.15, 0.2) is 0 Å². The number of carbonyl (C=O) groups is 1. The minimum Gasteiger partial charge on any atom is -0.352 e. The first-order chi connectivity index (χ1) is 8.79. The van der Waals surface area contributed by atoms with Crippen LogP contribution in [0.1, 0.15) is 44.9 Å². The van der Waals surface area contributed by atoms with Crippen LogP contribution in [-0.2, 0) is 4.79 Å². The molecule has 1 aliphatic heterocycles. The van der Waals surface area contributed by atoms with Gasteiger partial charge in [-0.1, -0.05) is 6.42 Å². The molecule has 1 saturated carbocycles. The molecule has 0 aromatic carbocycles. The largest absolute Gasteiger partial charge is 0.352 e. The number of amides is 1. The zero-order valence-electron chi connectivity index (χ0n) is 11.4. The third-order valence-electron chi connectivity index (χ3n) is 4.28. The van der Waals surface area contributed by atoms with Crippen LogP contribution in [0.4, 0.5) is 0 Å². The smallest absolute Gasteiger partial charge is 0.220 e. The zero-order valence-corrected chi connectivity index (χ0v) is 12.2. The molecule has 1 aliphatic carbocycles. The molecule has 3 atom stereocenters. The summed E-state index contributed by atoms with van der Waals surface area (Å²) >= 11 is 1.90. The van der Waals surface area contributed by atoms with Gasteiger partial charge in [0.25, 0.3) is 0 Å². The molecule has 2 rings (SSSR count). The molecule has 2 N–H and O–H groups in total. The third kappa shape index (κ3) is 4.16. The first kappa shape index (κ1) is 14.2. The third-order valence-corrected chi connectivity index (χ3v) is 5.45. The second kappa shape index (κ2) is 7.39. The highest BCUT2D eigenvalue weighted by Crippen LogP contribution is 2.28. The maximum Gasteiger partial charge on any atom is 0.220 e. The minimum absolute atomic E-state index is 0.270. The van der Waals surface area contributed by atoms with E-state index in [1.54, 1.807) is 0 Å². The fraction of sp³-hybridized carbons (Fsp3) is 0.929. The van der Waals surface area contributed by atoms with Crippen LogP contribution in [-0.4, -0.2) is 36.5 Å². The van der Waals surface area contributed by atoms with Gasteiger partial charge in [-0.2, -0.15) is 11.8 Å². The van der Waals surface area contributed by atoms with Crippen LogP contribution in [0.2, 0.25) is 0 Å². The van der Waals surface area contributed by atoms with Crippen molar-refractivity contribution < 1.29 is 4.79 Å². The van der Waals surface area contributed by atoms with Gasteiger partial charge in [0.2, 0.25) is 5.91 Å². The Morgan fingerprint density at radius 3 is 2.94 bits per heavy atom. The number of hydrogen-bond acceptors (Lipinski definition) is 3. The van der Waals surface area contributed by atoms with Gasteiger partial charge in [0.05, 0.1) is 0 Å². The Balaban J connectivity index is 1.65. The lowest BCUT2D eigenvalue weighted by molar-refractivity contribution is -0.122. The Hall–Kier alpha value is -0.220. The summed E-state index contributed by atoms with van der Waals surface area (Å²) in [6.45, 7) is 2.25. The molecule has 104 valence electrons. The van der Waals surface area contributed by atoms with Crippen LogP contribution in [0.25, 0.3) is 0 Å². The number of rotatable bonds is 5. The Kier molecular flexibility index (Phi) is 5.83. The first-order valence-electron chi connectivity index (χ1n) is 7.32. The van der Waals surface area contributed by atoms with Gasteiger partial charge in [-0.25, -0.2) is 0 Å². The molecule has 0 aromatic rings. The molecule has 2 aliphatic rings. The SMILES string of the molecule is CSC1CCCC1NC(=O)CCC1CCCNC1. The molecular formula is C14H26N2OS. The average Bonchev–Trinajstić information content (AvgIpc) is 2.85. The first-order valence-corrected chi connectivity index (χ1v) is 8.61. The van der Waals surface area contributed by atoms with Crippen molar-refractivity contribution in [3.63, 3.8) is 0 Å². The van der Waals surface area contributed by atoms with Crippen LogP contribution < -0.4 is 10.6 Å². The number of carbonyl (C=O) groups excluding carboxylic acids is 1. The summed E-state index contributed by atoms with van der Waals surface area (Å²) in [5, 5.41) is 7.30. The monoisotopic (exact) mass is 270 g/mol. The van der Waals surface area contributed by atoms with Gasteiger partial charge < -0.3 is 10.6 Å². The standard InChI is InChI=1S/C14H26N2OS/c1-18-13-6-2-5-12(13)16-14(17)8-7-11-4-3-9-15-10-11/h11-13,15H,2-10H2,1H3,(H,16,17). The summed E-state index contributed by atoms with van der Waals surface area (Å²) in [6.07, 6.45) is 10.2. The number of nitrogens with one attached hydrogen (secondary N) is 2. The van der Waals surface area contributed by atoms with E-state index in [-0.39, 0.29) is 5.91 Å². The van der Waals surface area contributed by atoms with Crippen molar-refractivity contribution in [2.45, 2.75) is 56.2 Å². The lowest BCUT2D eigenvalue weighted by Crippen LogP contribution is -2.39. The molecule has 1 saturated heterocycles. The molecular weight excluding hydrogens is 244 g/mol. The molecule has 18 heavy (non-hydrogen) atoms. The van der Waals surface area contributed by atoms with Crippen molar-refractivity contribution in [2.75, 3.05) is 19.3 Å².